The van der Waals surface area contributed by atoms with Gasteiger partial charge in [-0.15, -0.1) is 0 Å². The number of nitrogens with one attached hydrogen (secondary N) is 2. The van der Waals surface area contributed by atoms with Gasteiger partial charge >= 0.3 is 0 Å². The van der Waals surface area contributed by atoms with E-state index in [2.05, 4.69) is 21.6 Å². The molecule has 0 bridgehead atoms. The molecule has 0 aliphatic carbocycles. The fourth-order valence-electron chi connectivity index (χ4n) is 2.67. The number of piperidine rings is 1. The minimum Gasteiger partial charge on any atom is -0.326 e. The van der Waals surface area contributed by atoms with Crippen molar-refractivity contribution in [1.29, 1.82) is 0 Å². The van der Waals surface area contributed by atoms with Gasteiger partial charge in [-0.2, -0.15) is 0 Å². The molecule has 4 heteroatoms. The lowest BCUT2D eigenvalue weighted by Crippen LogP contribution is -2.30. The van der Waals surface area contributed by atoms with Crippen LogP contribution in [0.1, 0.15) is 24.8 Å². The number of nitrogens with zero attached hydrogens (tertiary/aromatic N) is 1. The third-order valence-corrected chi connectivity index (χ3v) is 3.71. The van der Waals surface area contributed by atoms with Gasteiger partial charge in [0.05, 0.1) is 0 Å². The predicted molar refractivity (Wildman–Crippen MR) is 82.7 cm³/mol. The highest BCUT2D eigenvalue weighted by atomic mass is 16.1. The Hall–Kier alpha value is -1.39. The molecular formula is C16H25N3O. The van der Waals surface area contributed by atoms with E-state index in [1.54, 1.807) is 0 Å². The van der Waals surface area contributed by atoms with E-state index < -0.39 is 0 Å². The van der Waals surface area contributed by atoms with Crippen LogP contribution >= 0.6 is 0 Å². The molecule has 0 aromatic heterocycles. The molecule has 4 nitrogen and oxygen atoms in total. The summed E-state index contributed by atoms with van der Waals surface area (Å²) in [5.41, 5.74) is 2.11. The van der Waals surface area contributed by atoms with Crippen LogP contribution in [0.4, 0.5) is 5.69 Å². The normalized spacial score (nSPS) is 16.4. The first-order chi connectivity index (χ1) is 9.65. The van der Waals surface area contributed by atoms with Gasteiger partial charge in [0, 0.05) is 18.7 Å². The van der Waals surface area contributed by atoms with Crippen molar-refractivity contribution in [3.8, 4) is 0 Å². The van der Waals surface area contributed by atoms with Crippen molar-refractivity contribution in [3.63, 3.8) is 0 Å². The van der Waals surface area contributed by atoms with E-state index in [0.717, 1.165) is 43.7 Å². The summed E-state index contributed by atoms with van der Waals surface area (Å²) in [7, 11) is 4.07. The molecule has 20 heavy (non-hydrogen) atoms. The first kappa shape index (κ1) is 15.0. The summed E-state index contributed by atoms with van der Waals surface area (Å²) in [4.78, 5) is 14.3. The molecule has 1 saturated heterocycles. The van der Waals surface area contributed by atoms with Crippen molar-refractivity contribution < 1.29 is 4.79 Å². The van der Waals surface area contributed by atoms with Crippen LogP contribution in [0.25, 0.3) is 0 Å². The number of carbonyl (C=O) groups is 1. The number of carbonyl (C=O) groups excluding carboxylic acids is 1. The summed E-state index contributed by atoms with van der Waals surface area (Å²) >= 11 is 0. The van der Waals surface area contributed by atoms with Crippen molar-refractivity contribution in [2.24, 2.45) is 5.92 Å². The Kier molecular flexibility index (Phi) is 5.56. The van der Waals surface area contributed by atoms with Crippen LogP contribution < -0.4 is 10.6 Å². The van der Waals surface area contributed by atoms with Gasteiger partial charge in [0.1, 0.15) is 0 Å². The topological polar surface area (TPSA) is 44.4 Å². The first-order valence-electron chi connectivity index (χ1n) is 7.38. The Morgan fingerprint density at radius 1 is 1.30 bits per heavy atom. The van der Waals surface area contributed by atoms with Gasteiger partial charge in [-0.25, -0.2) is 0 Å². The highest BCUT2D eigenvalue weighted by Crippen LogP contribution is 2.20. The number of hydrogen-bond donors (Lipinski definition) is 2. The molecule has 1 aliphatic heterocycles. The molecule has 0 atom stereocenters. The number of rotatable bonds is 5. The molecule has 0 radical (unpaired) electrons. The van der Waals surface area contributed by atoms with E-state index in [1.165, 1.54) is 0 Å². The number of anilines is 1. The fraction of sp³-hybridized carbons (Fsp3) is 0.562. The van der Waals surface area contributed by atoms with Gasteiger partial charge < -0.3 is 15.5 Å². The van der Waals surface area contributed by atoms with Crippen molar-refractivity contribution >= 4 is 11.6 Å². The maximum Gasteiger partial charge on any atom is 0.224 e. The molecule has 2 N–H and O–H groups in total. The van der Waals surface area contributed by atoms with Crippen LogP contribution in [0.2, 0.25) is 0 Å². The Morgan fingerprint density at radius 3 is 2.70 bits per heavy atom. The van der Waals surface area contributed by atoms with Gasteiger partial charge in [0.2, 0.25) is 5.91 Å². The minimum atomic E-state index is 0.142. The van der Waals surface area contributed by atoms with E-state index in [-0.39, 0.29) is 5.91 Å². The molecule has 0 saturated carbocycles. The summed E-state index contributed by atoms with van der Waals surface area (Å²) in [5, 5.41) is 6.41. The summed E-state index contributed by atoms with van der Waals surface area (Å²) in [6.45, 7) is 2.91. The van der Waals surface area contributed by atoms with Crippen LogP contribution in [-0.2, 0) is 11.3 Å². The zero-order chi connectivity index (χ0) is 14.4. The Balaban J connectivity index is 1.93. The maximum absolute atomic E-state index is 12.2. The van der Waals surface area contributed by atoms with Gasteiger partial charge in [0.15, 0.2) is 0 Å². The average Bonchev–Trinajstić information content (AvgIpc) is 2.41. The lowest BCUT2D eigenvalue weighted by Gasteiger charge is -2.22. The molecule has 1 aromatic rings. The van der Waals surface area contributed by atoms with E-state index in [1.807, 2.05) is 32.3 Å². The smallest absolute Gasteiger partial charge is 0.224 e. The monoisotopic (exact) mass is 275 g/mol. The third-order valence-electron chi connectivity index (χ3n) is 3.71. The van der Waals surface area contributed by atoms with Gasteiger partial charge in [-0.3, -0.25) is 4.79 Å². The second-order valence-electron chi connectivity index (χ2n) is 5.84. The summed E-state index contributed by atoms with van der Waals surface area (Å²) in [5.74, 6) is 0.667. The Morgan fingerprint density at radius 2 is 2.00 bits per heavy atom. The summed E-state index contributed by atoms with van der Waals surface area (Å²) in [6, 6.07) is 8.04. The second-order valence-corrected chi connectivity index (χ2v) is 5.84. The molecule has 110 valence electrons. The number of amides is 1. The molecule has 0 spiro atoms. The van der Waals surface area contributed by atoms with E-state index in [4.69, 9.17) is 0 Å². The highest BCUT2D eigenvalue weighted by molar-refractivity contribution is 5.91. The van der Waals surface area contributed by atoms with Crippen LogP contribution in [0, 0.1) is 5.92 Å². The molecule has 1 fully saturated rings. The maximum atomic E-state index is 12.2. The first-order valence-corrected chi connectivity index (χ1v) is 7.38. The average molecular weight is 275 g/mol. The minimum absolute atomic E-state index is 0.142. The third kappa shape index (κ3) is 4.62. The van der Waals surface area contributed by atoms with E-state index >= 15 is 0 Å². The van der Waals surface area contributed by atoms with E-state index in [0.29, 0.717) is 12.3 Å². The van der Waals surface area contributed by atoms with Gasteiger partial charge in [-0.05, 0) is 57.6 Å². The summed E-state index contributed by atoms with van der Waals surface area (Å²) in [6.07, 6.45) is 2.84. The van der Waals surface area contributed by atoms with Crippen molar-refractivity contribution in [2.75, 3.05) is 32.5 Å². The fourth-order valence-corrected chi connectivity index (χ4v) is 2.67. The van der Waals surface area contributed by atoms with E-state index in [9.17, 15) is 4.79 Å². The van der Waals surface area contributed by atoms with Crippen LogP contribution in [0.5, 0.6) is 0 Å². The summed E-state index contributed by atoms with van der Waals surface area (Å²) < 4.78 is 0. The SMILES string of the molecule is CN(C)Cc1ccccc1NC(=O)CC1CCNCC1. The zero-order valence-corrected chi connectivity index (χ0v) is 12.5. The van der Waals surface area contributed by atoms with Crippen molar-refractivity contribution in [2.45, 2.75) is 25.8 Å². The Labute approximate surface area is 121 Å². The molecule has 1 aliphatic rings. The highest BCUT2D eigenvalue weighted by Gasteiger charge is 2.17. The van der Waals surface area contributed by atoms with Gasteiger partial charge in [-0.1, -0.05) is 18.2 Å². The number of para-hydroxylation sites is 1. The number of benzene rings is 1. The largest absolute Gasteiger partial charge is 0.326 e. The molecule has 0 unspecified atom stereocenters. The molecular weight excluding hydrogens is 250 g/mol. The lowest BCUT2D eigenvalue weighted by molar-refractivity contribution is -0.117. The molecule has 1 heterocycles. The van der Waals surface area contributed by atoms with Crippen molar-refractivity contribution in [1.82, 2.24) is 10.2 Å². The molecule has 1 aromatic carbocycles. The zero-order valence-electron chi connectivity index (χ0n) is 12.5. The van der Waals surface area contributed by atoms with Crippen molar-refractivity contribution in [3.05, 3.63) is 29.8 Å². The molecule has 1 amide bonds. The standard InChI is InChI=1S/C16H25N3O/c1-19(2)12-14-5-3-4-6-15(14)18-16(20)11-13-7-9-17-10-8-13/h3-6,13,17H,7-12H2,1-2H3,(H,18,20). The Bertz CT molecular complexity index is 439. The van der Waals surface area contributed by atoms with Crippen LogP contribution in [0.15, 0.2) is 24.3 Å². The second kappa shape index (κ2) is 7.41. The molecule has 2 rings (SSSR count). The predicted octanol–water partition coefficient (Wildman–Crippen LogP) is 2.08. The van der Waals surface area contributed by atoms with Crippen LogP contribution in [0.3, 0.4) is 0 Å². The van der Waals surface area contributed by atoms with Gasteiger partial charge in [0.25, 0.3) is 0 Å². The number of hydrogen-bond acceptors (Lipinski definition) is 3. The quantitative estimate of drug-likeness (QED) is 0.864. The van der Waals surface area contributed by atoms with Crippen LogP contribution in [-0.4, -0.2) is 38.0 Å². The lowest BCUT2D eigenvalue weighted by atomic mass is 9.94.